The van der Waals surface area contributed by atoms with Crippen LogP contribution in [0.1, 0.15) is 61.9 Å². The number of hydrogen-bond donors (Lipinski definition) is 0. The SMILES string of the molecule is CCOC(=O)C1=C(C)N=c2sc(=Cc3cc(I)c(OCc4ccc(Cl)c(Cl)c4)c(OC)c3)c(=O)n2C1c1ccc(C(C)C)cc1. The minimum Gasteiger partial charge on any atom is -0.493 e. The number of nitrogens with zero attached hydrogens (tertiary/aromatic N) is 2. The highest BCUT2D eigenvalue weighted by Gasteiger charge is 2.33. The maximum atomic E-state index is 14.1. The molecule has 1 unspecified atom stereocenters. The largest absolute Gasteiger partial charge is 0.493 e. The molecule has 0 radical (unpaired) electrons. The number of methoxy groups -OCH3 is 1. The molecule has 0 saturated carbocycles. The highest BCUT2D eigenvalue weighted by Crippen LogP contribution is 2.36. The predicted octanol–water partition coefficient (Wildman–Crippen LogP) is 7.42. The number of fused-ring (bicyclic) bond motifs is 1. The summed E-state index contributed by atoms with van der Waals surface area (Å²) in [6.45, 7) is 8.26. The average Bonchev–Trinajstić information content (AvgIpc) is 3.31. The number of carbonyl (C=O) groups excluding carboxylic acids is 1. The smallest absolute Gasteiger partial charge is 0.338 e. The van der Waals surface area contributed by atoms with E-state index in [1.54, 1.807) is 43.7 Å². The first-order valence-electron chi connectivity index (χ1n) is 14.3. The number of halogens is 3. The van der Waals surface area contributed by atoms with E-state index in [-0.39, 0.29) is 18.8 Å². The first-order valence-corrected chi connectivity index (χ1v) is 16.9. The molecule has 0 saturated heterocycles. The molecule has 0 fully saturated rings. The lowest BCUT2D eigenvalue weighted by atomic mass is 9.93. The van der Waals surface area contributed by atoms with Crippen molar-refractivity contribution in [3.05, 3.63) is 121 Å². The van der Waals surface area contributed by atoms with Gasteiger partial charge in [0.2, 0.25) is 0 Å². The van der Waals surface area contributed by atoms with Crippen LogP contribution in [0.2, 0.25) is 10.0 Å². The Bertz CT molecular complexity index is 1980. The zero-order chi connectivity index (χ0) is 32.4. The fourth-order valence-corrected chi connectivity index (χ4v) is 7.22. The van der Waals surface area contributed by atoms with Gasteiger partial charge in [-0.1, -0.05) is 78.7 Å². The third-order valence-corrected chi connectivity index (χ3v) is 9.88. The van der Waals surface area contributed by atoms with Gasteiger partial charge in [0.15, 0.2) is 16.3 Å². The molecular formula is C34H31Cl2IN2O5S. The molecule has 11 heteroatoms. The quantitative estimate of drug-likeness (QED) is 0.131. The molecule has 234 valence electrons. The van der Waals surface area contributed by atoms with Gasteiger partial charge in [0.25, 0.3) is 5.56 Å². The summed E-state index contributed by atoms with van der Waals surface area (Å²) in [6, 6.07) is 16.4. The second kappa shape index (κ2) is 14.1. The molecule has 0 spiro atoms. The maximum Gasteiger partial charge on any atom is 0.338 e. The number of aromatic nitrogens is 1. The number of esters is 1. The Labute approximate surface area is 288 Å². The van der Waals surface area contributed by atoms with Crippen LogP contribution >= 0.6 is 57.1 Å². The number of carbonyl (C=O) groups is 1. The maximum absolute atomic E-state index is 14.1. The Morgan fingerprint density at radius 3 is 2.49 bits per heavy atom. The molecule has 1 aromatic heterocycles. The number of benzene rings is 3. The van der Waals surface area contributed by atoms with Crippen molar-refractivity contribution >= 4 is 69.2 Å². The Morgan fingerprint density at radius 2 is 1.84 bits per heavy atom. The van der Waals surface area contributed by atoms with Gasteiger partial charge in [-0.2, -0.15) is 0 Å². The molecule has 1 atom stereocenters. The monoisotopic (exact) mass is 776 g/mol. The number of ether oxygens (including phenoxy) is 3. The number of rotatable bonds is 9. The van der Waals surface area contributed by atoms with Crippen molar-refractivity contribution in [1.82, 2.24) is 4.57 Å². The minimum absolute atomic E-state index is 0.215. The van der Waals surface area contributed by atoms with E-state index in [1.165, 1.54) is 11.3 Å². The van der Waals surface area contributed by atoms with Crippen molar-refractivity contribution in [2.45, 2.75) is 46.3 Å². The van der Waals surface area contributed by atoms with E-state index < -0.39 is 12.0 Å². The summed E-state index contributed by atoms with van der Waals surface area (Å²) in [5.74, 6) is 0.948. The second-order valence-corrected chi connectivity index (χ2v) is 13.7. The minimum atomic E-state index is -0.671. The number of allylic oxidation sites excluding steroid dienone is 1. The third-order valence-electron chi connectivity index (χ3n) is 7.35. The fourth-order valence-electron chi connectivity index (χ4n) is 5.07. The zero-order valence-electron chi connectivity index (χ0n) is 25.3. The summed E-state index contributed by atoms with van der Waals surface area (Å²) < 4.78 is 20.1. The lowest BCUT2D eigenvalue weighted by Gasteiger charge is -2.25. The van der Waals surface area contributed by atoms with Crippen molar-refractivity contribution in [1.29, 1.82) is 0 Å². The fraction of sp³-hybridized carbons (Fsp3) is 0.265. The standard InChI is InChI=1S/C34H31Cl2IN2O5S/c1-6-43-33(41)29-19(4)38-34-39(30(29)23-10-8-22(9-11-23)18(2)3)32(40)28(45-34)16-21-14-26(37)31(27(15-21)42-5)44-17-20-7-12-24(35)25(36)13-20/h7-16,18,30H,6,17H2,1-5H3. The van der Waals surface area contributed by atoms with E-state index in [0.29, 0.717) is 48.1 Å². The van der Waals surface area contributed by atoms with Crippen LogP contribution in [0.25, 0.3) is 6.08 Å². The van der Waals surface area contributed by atoms with Crippen LogP contribution in [-0.4, -0.2) is 24.3 Å². The zero-order valence-corrected chi connectivity index (χ0v) is 29.8. The Hall–Kier alpha value is -3.12. The summed E-state index contributed by atoms with van der Waals surface area (Å²) in [6.07, 6.45) is 1.81. The summed E-state index contributed by atoms with van der Waals surface area (Å²) in [5.41, 5.74) is 4.22. The van der Waals surface area contributed by atoms with E-state index in [4.69, 9.17) is 37.4 Å². The molecule has 3 aromatic carbocycles. The van der Waals surface area contributed by atoms with Crippen LogP contribution in [0, 0.1) is 3.57 Å². The topological polar surface area (TPSA) is 79.1 Å². The van der Waals surface area contributed by atoms with Crippen LogP contribution in [0.4, 0.5) is 0 Å². The summed E-state index contributed by atoms with van der Waals surface area (Å²) in [4.78, 5) is 32.5. The molecule has 4 aromatic rings. The van der Waals surface area contributed by atoms with E-state index in [9.17, 15) is 9.59 Å². The Balaban J connectivity index is 1.56. The van der Waals surface area contributed by atoms with Gasteiger partial charge in [0.05, 0.1) is 49.2 Å². The predicted molar refractivity (Wildman–Crippen MR) is 187 cm³/mol. The highest BCUT2D eigenvalue weighted by atomic mass is 127. The van der Waals surface area contributed by atoms with Gasteiger partial charge in [-0.3, -0.25) is 9.36 Å². The molecule has 5 rings (SSSR count). The molecule has 0 aliphatic carbocycles. The Morgan fingerprint density at radius 1 is 1.11 bits per heavy atom. The van der Waals surface area contributed by atoms with Crippen LogP contribution in [0.3, 0.4) is 0 Å². The summed E-state index contributed by atoms with van der Waals surface area (Å²) in [5, 5.41) is 0.931. The molecule has 7 nitrogen and oxygen atoms in total. The highest BCUT2D eigenvalue weighted by molar-refractivity contribution is 14.1. The number of thiazole rings is 1. The molecule has 1 aliphatic heterocycles. The second-order valence-electron chi connectivity index (χ2n) is 10.7. The van der Waals surface area contributed by atoms with Crippen molar-refractivity contribution in [2.75, 3.05) is 13.7 Å². The van der Waals surface area contributed by atoms with Crippen LogP contribution < -0.4 is 24.4 Å². The Kier molecular flexibility index (Phi) is 10.4. The third kappa shape index (κ3) is 7.01. The molecule has 0 bridgehead atoms. The molecule has 1 aliphatic rings. The first-order chi connectivity index (χ1) is 21.5. The van der Waals surface area contributed by atoms with E-state index in [0.717, 1.165) is 25.8 Å². The van der Waals surface area contributed by atoms with Gasteiger partial charge >= 0.3 is 5.97 Å². The molecule has 45 heavy (non-hydrogen) atoms. The average molecular weight is 778 g/mol. The summed E-state index contributed by atoms with van der Waals surface area (Å²) >= 11 is 15.7. The van der Waals surface area contributed by atoms with Crippen LogP contribution in [0.5, 0.6) is 11.5 Å². The summed E-state index contributed by atoms with van der Waals surface area (Å²) in [7, 11) is 1.57. The van der Waals surface area contributed by atoms with Crippen molar-refractivity contribution in [3.8, 4) is 11.5 Å². The lowest BCUT2D eigenvalue weighted by molar-refractivity contribution is -0.139. The van der Waals surface area contributed by atoms with Crippen LogP contribution in [-0.2, 0) is 16.1 Å². The van der Waals surface area contributed by atoms with Crippen molar-refractivity contribution < 1.29 is 19.0 Å². The van der Waals surface area contributed by atoms with Crippen molar-refractivity contribution in [3.63, 3.8) is 0 Å². The van der Waals surface area contributed by atoms with Gasteiger partial charge in [-0.25, -0.2) is 9.79 Å². The number of hydrogen-bond acceptors (Lipinski definition) is 7. The van der Waals surface area contributed by atoms with Gasteiger partial charge in [0.1, 0.15) is 6.61 Å². The van der Waals surface area contributed by atoms with Crippen LogP contribution in [0.15, 0.2) is 75.7 Å². The van der Waals surface area contributed by atoms with Gasteiger partial charge < -0.3 is 14.2 Å². The van der Waals surface area contributed by atoms with E-state index >= 15 is 0 Å². The lowest BCUT2D eigenvalue weighted by Crippen LogP contribution is -2.39. The molecule has 2 heterocycles. The van der Waals surface area contributed by atoms with Crippen molar-refractivity contribution in [2.24, 2.45) is 4.99 Å². The molecular weight excluding hydrogens is 746 g/mol. The van der Waals surface area contributed by atoms with Gasteiger partial charge in [-0.15, -0.1) is 0 Å². The normalized spacial score (nSPS) is 14.8. The molecule has 0 N–H and O–H groups in total. The van der Waals surface area contributed by atoms with Gasteiger partial charge in [-0.05, 0) is 95.0 Å². The van der Waals surface area contributed by atoms with E-state index in [1.807, 2.05) is 42.5 Å². The molecule has 0 amide bonds. The van der Waals surface area contributed by atoms with E-state index in [2.05, 4.69) is 41.4 Å². The van der Waals surface area contributed by atoms with Gasteiger partial charge in [0, 0.05) is 0 Å². The first kappa shape index (κ1) is 33.2.